The van der Waals surface area contributed by atoms with Gasteiger partial charge in [-0.3, -0.25) is 0 Å². The molecule has 0 fully saturated rings. The van der Waals surface area contributed by atoms with Gasteiger partial charge < -0.3 is 9.47 Å². The highest BCUT2D eigenvalue weighted by molar-refractivity contribution is 6.11. The highest BCUT2D eigenvalue weighted by atomic mass is 15.1. The summed E-state index contributed by atoms with van der Waals surface area (Å²) < 4.78 is 2.48. The van der Waals surface area contributed by atoms with Gasteiger partial charge in [0.1, 0.15) is 0 Å². The molecule has 0 bridgehead atoms. The van der Waals surface area contributed by atoms with Gasteiger partial charge in [0.15, 0.2) is 0 Å². The average Bonchev–Trinajstić information content (AvgIpc) is 3.69. The molecule has 2 nitrogen and oxygen atoms in total. The van der Waals surface area contributed by atoms with Crippen LogP contribution in [0.5, 0.6) is 0 Å². The minimum absolute atomic E-state index is 1.08. The SMILES string of the molecule is c1ccc(-c2ccc(N(c3ccc(-c4ccccc4)cc3)c3ccc4c5ccccc5n(-c5ccc(-c6ccccc6)cc5-c5ccccc5-c5ccccc5)c4c3)cc2)cc1. The third kappa shape index (κ3) is 6.84. The molecule has 0 saturated heterocycles. The van der Waals surface area contributed by atoms with Crippen molar-refractivity contribution in [3.05, 3.63) is 255 Å². The smallest absolute Gasteiger partial charge is 0.0562 e. The third-order valence-electron chi connectivity index (χ3n) is 12.0. The van der Waals surface area contributed by atoms with Gasteiger partial charge in [0, 0.05) is 33.4 Å². The van der Waals surface area contributed by atoms with E-state index in [1.807, 2.05) is 0 Å². The summed E-state index contributed by atoms with van der Waals surface area (Å²) in [6, 6.07) is 92.1. The number of nitrogens with zero attached hydrogens (tertiary/aromatic N) is 2. The van der Waals surface area contributed by atoms with Gasteiger partial charge in [-0.05, 0) is 105 Å². The molecule has 0 aliphatic heterocycles. The van der Waals surface area contributed by atoms with Gasteiger partial charge in [-0.25, -0.2) is 0 Å². The fourth-order valence-corrected chi connectivity index (χ4v) is 9.02. The zero-order valence-electron chi connectivity index (χ0n) is 34.1. The van der Waals surface area contributed by atoms with Crippen LogP contribution in [0.1, 0.15) is 0 Å². The maximum atomic E-state index is 2.48. The summed E-state index contributed by atoms with van der Waals surface area (Å²) in [6.07, 6.45) is 0. The lowest BCUT2D eigenvalue weighted by molar-refractivity contribution is 1.18. The van der Waals surface area contributed by atoms with Crippen LogP contribution in [0.25, 0.3) is 83.1 Å². The van der Waals surface area contributed by atoms with E-state index in [9.17, 15) is 0 Å². The quantitative estimate of drug-likeness (QED) is 0.141. The third-order valence-corrected chi connectivity index (χ3v) is 12.0. The summed E-state index contributed by atoms with van der Waals surface area (Å²) in [4.78, 5) is 2.38. The van der Waals surface area contributed by atoms with Crippen molar-refractivity contribution in [3.63, 3.8) is 0 Å². The Hall–Kier alpha value is -8.20. The Bertz CT molecular complexity index is 3210. The molecule has 0 unspecified atom stereocenters. The molecule has 2 heteroatoms. The minimum Gasteiger partial charge on any atom is -0.310 e. The molecule has 11 rings (SSSR count). The number of para-hydroxylation sites is 1. The van der Waals surface area contributed by atoms with Gasteiger partial charge in [-0.15, -0.1) is 0 Å². The van der Waals surface area contributed by atoms with E-state index in [1.165, 1.54) is 66.4 Å². The number of benzene rings is 10. The van der Waals surface area contributed by atoms with E-state index < -0.39 is 0 Å². The highest BCUT2D eigenvalue weighted by Gasteiger charge is 2.21. The van der Waals surface area contributed by atoms with Crippen LogP contribution < -0.4 is 4.90 Å². The van der Waals surface area contributed by atoms with Crippen LogP contribution >= 0.6 is 0 Å². The average molecular weight is 791 g/mol. The molecule has 10 aromatic carbocycles. The molecule has 62 heavy (non-hydrogen) atoms. The first-order valence-corrected chi connectivity index (χ1v) is 21.3. The van der Waals surface area contributed by atoms with Crippen LogP contribution in [0.2, 0.25) is 0 Å². The predicted octanol–water partition coefficient (Wildman–Crippen LogP) is 16.6. The first-order chi connectivity index (χ1) is 30.8. The second-order valence-corrected chi connectivity index (χ2v) is 15.7. The summed E-state index contributed by atoms with van der Waals surface area (Å²) in [5.74, 6) is 0. The van der Waals surface area contributed by atoms with Crippen molar-refractivity contribution in [3.8, 4) is 61.3 Å². The van der Waals surface area contributed by atoms with E-state index in [0.29, 0.717) is 0 Å². The molecule has 1 aromatic heterocycles. The number of hydrogen-bond donors (Lipinski definition) is 0. The Morgan fingerprint density at radius 2 is 0.661 bits per heavy atom. The Morgan fingerprint density at radius 3 is 1.24 bits per heavy atom. The second kappa shape index (κ2) is 16.1. The van der Waals surface area contributed by atoms with Crippen LogP contribution in [0.3, 0.4) is 0 Å². The first kappa shape index (κ1) is 36.8. The van der Waals surface area contributed by atoms with E-state index in [1.54, 1.807) is 0 Å². The molecule has 0 amide bonds. The van der Waals surface area contributed by atoms with Crippen molar-refractivity contribution in [2.45, 2.75) is 0 Å². The van der Waals surface area contributed by atoms with Gasteiger partial charge in [-0.1, -0.05) is 200 Å². The van der Waals surface area contributed by atoms with Crippen molar-refractivity contribution in [2.24, 2.45) is 0 Å². The van der Waals surface area contributed by atoms with Gasteiger partial charge in [0.2, 0.25) is 0 Å². The van der Waals surface area contributed by atoms with Crippen molar-refractivity contribution in [1.29, 1.82) is 0 Å². The predicted molar refractivity (Wildman–Crippen MR) is 263 cm³/mol. The van der Waals surface area contributed by atoms with Crippen molar-refractivity contribution in [1.82, 2.24) is 4.57 Å². The maximum absolute atomic E-state index is 2.48. The number of anilines is 3. The van der Waals surface area contributed by atoms with E-state index in [-0.39, 0.29) is 0 Å². The molecular formula is C60H42N2. The summed E-state index contributed by atoms with van der Waals surface area (Å²) >= 11 is 0. The molecular weight excluding hydrogens is 749 g/mol. The van der Waals surface area contributed by atoms with Crippen LogP contribution in [0.15, 0.2) is 255 Å². The largest absolute Gasteiger partial charge is 0.310 e. The lowest BCUT2D eigenvalue weighted by atomic mass is 9.91. The first-order valence-electron chi connectivity index (χ1n) is 21.3. The molecule has 1 heterocycles. The Kier molecular flexibility index (Phi) is 9.57. The van der Waals surface area contributed by atoms with Gasteiger partial charge in [0.25, 0.3) is 0 Å². The lowest BCUT2D eigenvalue weighted by Crippen LogP contribution is -2.10. The van der Waals surface area contributed by atoms with E-state index in [2.05, 4.69) is 264 Å². The fourth-order valence-electron chi connectivity index (χ4n) is 9.02. The topological polar surface area (TPSA) is 8.17 Å². The van der Waals surface area contributed by atoms with Crippen molar-refractivity contribution in [2.75, 3.05) is 4.90 Å². The Labute approximate surface area is 362 Å². The molecule has 0 N–H and O–H groups in total. The van der Waals surface area contributed by atoms with E-state index in [4.69, 9.17) is 0 Å². The summed E-state index contributed by atoms with van der Waals surface area (Å²) in [5, 5.41) is 2.42. The zero-order chi connectivity index (χ0) is 41.2. The molecule has 292 valence electrons. The normalized spacial score (nSPS) is 11.2. The number of aromatic nitrogens is 1. The van der Waals surface area contributed by atoms with E-state index >= 15 is 0 Å². The molecule has 0 spiro atoms. The van der Waals surface area contributed by atoms with Crippen LogP contribution in [-0.4, -0.2) is 4.57 Å². The number of fused-ring (bicyclic) bond motifs is 3. The van der Waals surface area contributed by atoms with E-state index in [0.717, 1.165) is 33.8 Å². The Morgan fingerprint density at radius 1 is 0.242 bits per heavy atom. The molecule has 0 atom stereocenters. The molecule has 0 saturated carbocycles. The Balaban J connectivity index is 1.13. The standard InChI is InChI=1S/C60H42N2/c1-5-17-43(18-6-1)46-29-34-50(35-30-46)61(51-36-31-47(32-37-51)44-19-7-2-8-20-44)52-38-39-56-55-27-15-16-28-58(55)62(60(56)42-52)59-40-33-49(45-21-9-3-10-22-45)41-57(59)54-26-14-13-25-53(54)48-23-11-4-12-24-48/h1-42H. The van der Waals surface area contributed by atoms with Crippen molar-refractivity contribution < 1.29 is 0 Å². The lowest BCUT2D eigenvalue weighted by Gasteiger charge is -2.26. The van der Waals surface area contributed by atoms with Gasteiger partial charge >= 0.3 is 0 Å². The molecule has 0 aliphatic carbocycles. The van der Waals surface area contributed by atoms with Gasteiger partial charge in [-0.2, -0.15) is 0 Å². The minimum atomic E-state index is 1.08. The fraction of sp³-hybridized carbons (Fsp3) is 0. The maximum Gasteiger partial charge on any atom is 0.0562 e. The monoisotopic (exact) mass is 790 g/mol. The number of rotatable bonds is 9. The zero-order valence-corrected chi connectivity index (χ0v) is 34.1. The van der Waals surface area contributed by atoms with Crippen molar-refractivity contribution >= 4 is 38.9 Å². The van der Waals surface area contributed by atoms with Crippen LogP contribution in [0.4, 0.5) is 17.1 Å². The van der Waals surface area contributed by atoms with Crippen LogP contribution in [-0.2, 0) is 0 Å². The number of hydrogen-bond acceptors (Lipinski definition) is 1. The molecule has 0 radical (unpaired) electrons. The van der Waals surface area contributed by atoms with Gasteiger partial charge in [0.05, 0.1) is 16.7 Å². The molecule has 0 aliphatic rings. The highest BCUT2D eigenvalue weighted by Crippen LogP contribution is 2.44. The molecule has 11 aromatic rings. The van der Waals surface area contributed by atoms with Crippen LogP contribution in [0, 0.1) is 0 Å². The summed E-state index contributed by atoms with van der Waals surface area (Å²) in [5.41, 5.74) is 18.6. The summed E-state index contributed by atoms with van der Waals surface area (Å²) in [6.45, 7) is 0. The second-order valence-electron chi connectivity index (χ2n) is 15.7. The summed E-state index contributed by atoms with van der Waals surface area (Å²) in [7, 11) is 0.